The minimum Gasteiger partial charge on any atom is -0.496 e. The Morgan fingerprint density at radius 3 is 2.73 bits per heavy atom. The lowest BCUT2D eigenvalue weighted by Crippen LogP contribution is -2.44. The molecule has 2 aromatic rings. The van der Waals surface area contributed by atoms with Crippen LogP contribution in [0.15, 0.2) is 46.3 Å². The first-order valence-corrected chi connectivity index (χ1v) is 12.1. The van der Waals surface area contributed by atoms with Gasteiger partial charge in [0.05, 0.1) is 33.3 Å². The lowest BCUT2D eigenvalue weighted by Gasteiger charge is -2.43. The highest BCUT2D eigenvalue weighted by Gasteiger charge is 2.31. The maximum absolute atomic E-state index is 12.7. The fourth-order valence-corrected chi connectivity index (χ4v) is 5.46. The predicted molar refractivity (Wildman–Crippen MR) is 141 cm³/mol. The van der Waals surface area contributed by atoms with E-state index >= 15 is 0 Å². The lowest BCUT2D eigenvalue weighted by atomic mass is 9.87. The molecule has 0 saturated carbocycles. The minimum absolute atomic E-state index is 0.0923. The predicted octanol–water partition coefficient (Wildman–Crippen LogP) is 6.92. The number of fused-ring (bicyclic) bond motifs is 1. The van der Waals surface area contributed by atoms with E-state index in [0.29, 0.717) is 31.6 Å². The standard InChI is InChI=1S/C25H25Cl2N3O2S/c1-6-30-19-12-20(32-5)15(10-16(19)14(2)13-25(30,3)4)11-21-23(31)29-24(33-21)28-18-9-7-8-17(26)22(18)27/h7-13H,6H2,1-5H3,(H,28,29,31)/b21-11+. The molecule has 1 fully saturated rings. The Kier molecular flexibility index (Phi) is 6.54. The largest absolute Gasteiger partial charge is 0.496 e. The number of carbonyl (C=O) groups is 1. The Hall–Kier alpha value is -2.41. The Bertz CT molecular complexity index is 1230. The monoisotopic (exact) mass is 501 g/mol. The number of amidine groups is 1. The van der Waals surface area contributed by atoms with Gasteiger partial charge in [0, 0.05) is 29.4 Å². The molecule has 4 rings (SSSR count). The number of amides is 1. The molecule has 1 saturated heterocycles. The summed E-state index contributed by atoms with van der Waals surface area (Å²) < 4.78 is 5.71. The highest BCUT2D eigenvalue weighted by atomic mass is 35.5. The van der Waals surface area contributed by atoms with Gasteiger partial charge < -0.3 is 15.0 Å². The number of likely N-dealkylation sites (N-methyl/N-ethyl adjacent to an activating group) is 1. The number of hydrogen-bond acceptors (Lipinski definition) is 5. The molecule has 5 nitrogen and oxygen atoms in total. The number of methoxy groups -OCH3 is 1. The number of nitrogens with one attached hydrogen (secondary N) is 1. The summed E-state index contributed by atoms with van der Waals surface area (Å²) >= 11 is 13.6. The molecule has 0 spiro atoms. The number of aliphatic imine (C=N–C) groups is 1. The number of allylic oxidation sites excluding steroid dienone is 1. The van der Waals surface area contributed by atoms with E-state index in [2.05, 4.69) is 61.1 Å². The Morgan fingerprint density at radius 1 is 1.27 bits per heavy atom. The van der Waals surface area contributed by atoms with E-state index < -0.39 is 0 Å². The molecule has 0 bridgehead atoms. The number of carbonyl (C=O) groups excluding carboxylic acids is 1. The van der Waals surface area contributed by atoms with Crippen molar-refractivity contribution in [1.82, 2.24) is 5.32 Å². The Labute approximate surface area is 208 Å². The van der Waals surface area contributed by atoms with Crippen LogP contribution in [0.2, 0.25) is 10.0 Å². The summed E-state index contributed by atoms with van der Waals surface area (Å²) in [4.78, 5) is 20.0. The third kappa shape index (κ3) is 4.52. The number of hydrogen-bond donors (Lipinski definition) is 1. The summed E-state index contributed by atoms with van der Waals surface area (Å²) in [6.45, 7) is 9.55. The van der Waals surface area contributed by atoms with Crippen LogP contribution in [-0.4, -0.2) is 30.3 Å². The topological polar surface area (TPSA) is 53.9 Å². The van der Waals surface area contributed by atoms with Gasteiger partial charge in [0.15, 0.2) is 5.17 Å². The number of thioether (sulfide) groups is 1. The van der Waals surface area contributed by atoms with Crippen molar-refractivity contribution in [3.8, 4) is 5.75 Å². The molecule has 0 aromatic heterocycles. The average molecular weight is 502 g/mol. The molecular formula is C25H25Cl2N3O2S. The summed E-state index contributed by atoms with van der Waals surface area (Å²) in [5, 5.41) is 4.01. The SMILES string of the molecule is CCN1c2cc(OC)c(/C=C3/SC(=Nc4cccc(Cl)c4Cl)NC3=O)cc2C(C)=CC1(C)C. The fourth-order valence-electron chi connectivity index (χ4n) is 4.30. The maximum Gasteiger partial charge on any atom is 0.264 e. The van der Waals surface area contributed by atoms with Crippen LogP contribution in [0, 0.1) is 0 Å². The van der Waals surface area contributed by atoms with E-state index in [1.54, 1.807) is 25.3 Å². The van der Waals surface area contributed by atoms with E-state index in [9.17, 15) is 4.79 Å². The molecule has 2 aliphatic heterocycles. The number of anilines is 1. The molecule has 2 aliphatic rings. The van der Waals surface area contributed by atoms with Gasteiger partial charge in [-0.25, -0.2) is 4.99 Å². The molecule has 0 aliphatic carbocycles. The molecule has 1 amide bonds. The maximum atomic E-state index is 12.7. The van der Waals surface area contributed by atoms with Gasteiger partial charge in [0.25, 0.3) is 5.91 Å². The summed E-state index contributed by atoms with van der Waals surface area (Å²) in [5.74, 6) is 0.488. The number of rotatable bonds is 4. The van der Waals surface area contributed by atoms with Crippen molar-refractivity contribution in [2.45, 2.75) is 33.2 Å². The molecule has 8 heteroatoms. The van der Waals surface area contributed by atoms with Crippen molar-refractivity contribution in [2.75, 3.05) is 18.6 Å². The van der Waals surface area contributed by atoms with Crippen LogP contribution in [0.1, 0.15) is 38.8 Å². The van der Waals surface area contributed by atoms with E-state index in [4.69, 9.17) is 27.9 Å². The summed E-state index contributed by atoms with van der Waals surface area (Å²) in [7, 11) is 1.65. The van der Waals surface area contributed by atoms with Crippen LogP contribution in [0.5, 0.6) is 5.75 Å². The van der Waals surface area contributed by atoms with Crippen molar-refractivity contribution < 1.29 is 9.53 Å². The highest BCUT2D eigenvalue weighted by Crippen LogP contribution is 2.43. The molecule has 33 heavy (non-hydrogen) atoms. The zero-order valence-corrected chi connectivity index (χ0v) is 21.5. The van der Waals surface area contributed by atoms with Crippen LogP contribution < -0.4 is 15.0 Å². The first-order chi connectivity index (χ1) is 15.6. The highest BCUT2D eigenvalue weighted by molar-refractivity contribution is 8.18. The second kappa shape index (κ2) is 9.09. The van der Waals surface area contributed by atoms with E-state index in [1.165, 1.54) is 17.3 Å². The van der Waals surface area contributed by atoms with Gasteiger partial charge in [0.2, 0.25) is 0 Å². The van der Waals surface area contributed by atoms with Gasteiger partial charge in [-0.1, -0.05) is 35.3 Å². The number of benzene rings is 2. The van der Waals surface area contributed by atoms with Crippen LogP contribution in [-0.2, 0) is 4.79 Å². The summed E-state index contributed by atoms with van der Waals surface area (Å²) in [6.07, 6.45) is 4.11. The van der Waals surface area contributed by atoms with Gasteiger partial charge in [-0.3, -0.25) is 4.79 Å². The molecule has 0 unspecified atom stereocenters. The Morgan fingerprint density at radius 2 is 2.03 bits per heavy atom. The van der Waals surface area contributed by atoms with Crippen LogP contribution in [0.25, 0.3) is 11.6 Å². The third-order valence-electron chi connectivity index (χ3n) is 5.74. The van der Waals surface area contributed by atoms with E-state index in [0.717, 1.165) is 23.4 Å². The van der Waals surface area contributed by atoms with Gasteiger partial charge in [0.1, 0.15) is 5.75 Å². The number of nitrogens with zero attached hydrogens (tertiary/aromatic N) is 2. The van der Waals surface area contributed by atoms with Gasteiger partial charge in [-0.05, 0) is 69.3 Å². The zero-order valence-electron chi connectivity index (χ0n) is 19.1. The van der Waals surface area contributed by atoms with Crippen molar-refractivity contribution >= 4 is 69.1 Å². The van der Waals surface area contributed by atoms with Crippen molar-refractivity contribution in [2.24, 2.45) is 4.99 Å². The fraction of sp³-hybridized carbons (Fsp3) is 0.280. The van der Waals surface area contributed by atoms with E-state index in [-0.39, 0.29) is 11.4 Å². The summed E-state index contributed by atoms with van der Waals surface area (Å²) in [6, 6.07) is 9.35. The molecule has 2 aromatic carbocycles. The lowest BCUT2D eigenvalue weighted by molar-refractivity contribution is -0.115. The first-order valence-electron chi connectivity index (χ1n) is 10.6. The molecule has 0 atom stereocenters. The van der Waals surface area contributed by atoms with Gasteiger partial charge in [-0.2, -0.15) is 0 Å². The second-order valence-electron chi connectivity index (χ2n) is 8.39. The van der Waals surface area contributed by atoms with Crippen LogP contribution >= 0.6 is 35.0 Å². The molecule has 172 valence electrons. The summed E-state index contributed by atoms with van der Waals surface area (Å²) in [5.41, 5.74) is 4.70. The molecule has 1 N–H and O–H groups in total. The van der Waals surface area contributed by atoms with Gasteiger partial charge in [-0.15, -0.1) is 0 Å². The number of ether oxygens (including phenoxy) is 1. The quantitative estimate of drug-likeness (QED) is 0.462. The normalized spacial score (nSPS) is 19.5. The van der Waals surface area contributed by atoms with Crippen LogP contribution in [0.3, 0.4) is 0 Å². The van der Waals surface area contributed by atoms with Crippen molar-refractivity contribution in [3.05, 3.63) is 62.5 Å². The molecular weight excluding hydrogens is 477 g/mol. The third-order valence-corrected chi connectivity index (χ3v) is 7.45. The van der Waals surface area contributed by atoms with E-state index in [1.807, 2.05) is 6.08 Å². The zero-order chi connectivity index (χ0) is 23.9. The minimum atomic E-state index is -0.222. The number of halogens is 2. The first kappa shape index (κ1) is 23.7. The smallest absolute Gasteiger partial charge is 0.264 e. The molecule has 0 radical (unpaired) electrons. The second-order valence-corrected chi connectivity index (χ2v) is 10.2. The van der Waals surface area contributed by atoms with Crippen molar-refractivity contribution in [3.63, 3.8) is 0 Å². The average Bonchev–Trinajstić information content (AvgIpc) is 3.09. The Balaban J connectivity index is 1.72. The molecule has 2 heterocycles. The van der Waals surface area contributed by atoms with Crippen molar-refractivity contribution in [1.29, 1.82) is 0 Å². The van der Waals surface area contributed by atoms with Crippen LogP contribution in [0.4, 0.5) is 11.4 Å². The van der Waals surface area contributed by atoms with Gasteiger partial charge >= 0.3 is 0 Å².